The largest absolute Gasteiger partial charge is 0.508 e. The summed E-state index contributed by atoms with van der Waals surface area (Å²) in [5.74, 6) is 0.105. The molecule has 6 nitrogen and oxygen atoms in total. The third-order valence-electron chi connectivity index (χ3n) is 3.71. The van der Waals surface area contributed by atoms with Crippen LogP contribution in [0.2, 0.25) is 0 Å². The van der Waals surface area contributed by atoms with Crippen molar-refractivity contribution >= 4 is 11.6 Å². The Hall–Kier alpha value is -2.44. The Morgan fingerprint density at radius 1 is 1.36 bits per heavy atom. The highest BCUT2D eigenvalue weighted by atomic mass is 16.3. The Bertz CT molecular complexity index is 675. The molecule has 2 unspecified atom stereocenters. The number of rotatable bonds is 3. The number of amides is 1. The van der Waals surface area contributed by atoms with Crippen LogP contribution in [-0.2, 0) is 4.79 Å². The second kappa shape index (κ2) is 6.13. The minimum absolute atomic E-state index is 0.107. The first-order chi connectivity index (χ1) is 10.6. The third-order valence-corrected chi connectivity index (χ3v) is 3.71. The molecule has 4 N–H and O–H groups in total. The molecule has 1 aromatic carbocycles. The van der Waals surface area contributed by atoms with Gasteiger partial charge in [0.05, 0.1) is 17.9 Å². The lowest BCUT2D eigenvalue weighted by molar-refractivity contribution is -0.117. The van der Waals surface area contributed by atoms with Crippen LogP contribution in [0, 0.1) is 6.92 Å². The van der Waals surface area contributed by atoms with E-state index in [1.165, 1.54) is 0 Å². The molecule has 22 heavy (non-hydrogen) atoms. The molecule has 1 saturated heterocycles. The molecular formula is C16H18N4O2. The zero-order chi connectivity index (χ0) is 15.5. The number of aromatic hydroxyl groups is 1. The number of pyridine rings is 1. The maximum Gasteiger partial charge on any atom is 0.242 e. The van der Waals surface area contributed by atoms with Crippen LogP contribution in [0.1, 0.15) is 23.6 Å². The summed E-state index contributed by atoms with van der Waals surface area (Å²) in [6.07, 6.45) is 3.81. The highest BCUT2D eigenvalue weighted by molar-refractivity contribution is 5.94. The van der Waals surface area contributed by atoms with Crippen molar-refractivity contribution in [3.63, 3.8) is 0 Å². The van der Waals surface area contributed by atoms with E-state index in [2.05, 4.69) is 21.2 Å². The number of carbonyl (C=O) groups is 1. The lowest BCUT2D eigenvalue weighted by Crippen LogP contribution is -2.39. The molecule has 0 spiro atoms. The summed E-state index contributed by atoms with van der Waals surface area (Å²) in [6, 6.07) is 8.54. The zero-order valence-corrected chi connectivity index (χ0v) is 12.2. The Morgan fingerprint density at radius 2 is 2.23 bits per heavy atom. The van der Waals surface area contributed by atoms with E-state index >= 15 is 0 Å². The fourth-order valence-electron chi connectivity index (χ4n) is 2.55. The quantitative estimate of drug-likeness (QED) is 0.692. The Balaban J connectivity index is 1.67. The van der Waals surface area contributed by atoms with Crippen molar-refractivity contribution < 1.29 is 9.90 Å². The summed E-state index contributed by atoms with van der Waals surface area (Å²) in [7, 11) is 0. The molecule has 0 bridgehead atoms. The SMILES string of the molecule is Cc1ccc(O)c(C2CC(C(=O)Nc3cccnc3)NN2)c1. The average Bonchev–Trinajstić information content (AvgIpc) is 3.00. The molecule has 6 heteroatoms. The van der Waals surface area contributed by atoms with Gasteiger partial charge in [0.15, 0.2) is 0 Å². The maximum absolute atomic E-state index is 12.2. The lowest BCUT2D eigenvalue weighted by Gasteiger charge is -2.12. The van der Waals surface area contributed by atoms with Crippen molar-refractivity contribution in [1.82, 2.24) is 15.8 Å². The molecule has 1 fully saturated rings. The summed E-state index contributed by atoms with van der Waals surface area (Å²) in [6.45, 7) is 1.97. The average molecular weight is 298 g/mol. The van der Waals surface area contributed by atoms with E-state index in [9.17, 15) is 9.90 Å². The van der Waals surface area contributed by atoms with Crippen LogP contribution in [0.25, 0.3) is 0 Å². The number of benzene rings is 1. The van der Waals surface area contributed by atoms with Crippen LogP contribution in [0.4, 0.5) is 5.69 Å². The van der Waals surface area contributed by atoms with Crippen molar-refractivity contribution in [1.29, 1.82) is 0 Å². The number of hydrazine groups is 1. The monoisotopic (exact) mass is 298 g/mol. The Morgan fingerprint density at radius 3 is 3.00 bits per heavy atom. The van der Waals surface area contributed by atoms with Gasteiger partial charge in [-0.3, -0.25) is 9.78 Å². The predicted octanol–water partition coefficient (Wildman–Crippen LogP) is 1.64. The smallest absolute Gasteiger partial charge is 0.242 e. The van der Waals surface area contributed by atoms with Gasteiger partial charge in [-0.2, -0.15) is 0 Å². The van der Waals surface area contributed by atoms with Crippen molar-refractivity contribution in [2.24, 2.45) is 0 Å². The van der Waals surface area contributed by atoms with Crippen LogP contribution < -0.4 is 16.2 Å². The van der Waals surface area contributed by atoms with E-state index in [-0.39, 0.29) is 23.7 Å². The summed E-state index contributed by atoms with van der Waals surface area (Å²) >= 11 is 0. The number of nitrogens with one attached hydrogen (secondary N) is 3. The molecule has 2 heterocycles. The van der Waals surface area contributed by atoms with Gasteiger partial charge in [0.2, 0.25) is 5.91 Å². The number of aromatic nitrogens is 1. The fraction of sp³-hybridized carbons (Fsp3) is 0.250. The van der Waals surface area contributed by atoms with Gasteiger partial charge in [0.25, 0.3) is 0 Å². The number of hydrogen-bond donors (Lipinski definition) is 4. The van der Waals surface area contributed by atoms with E-state index in [1.54, 1.807) is 30.6 Å². The predicted molar refractivity (Wildman–Crippen MR) is 83.1 cm³/mol. The van der Waals surface area contributed by atoms with E-state index in [0.717, 1.165) is 11.1 Å². The van der Waals surface area contributed by atoms with Crippen molar-refractivity contribution in [2.45, 2.75) is 25.4 Å². The van der Waals surface area contributed by atoms with Crippen LogP contribution in [-0.4, -0.2) is 22.0 Å². The molecule has 2 atom stereocenters. The normalized spacial score (nSPS) is 20.8. The third kappa shape index (κ3) is 3.08. The summed E-state index contributed by atoms with van der Waals surface area (Å²) in [5.41, 5.74) is 8.58. The van der Waals surface area contributed by atoms with Crippen LogP contribution in [0.5, 0.6) is 5.75 Å². The van der Waals surface area contributed by atoms with Crippen molar-refractivity contribution in [2.75, 3.05) is 5.32 Å². The second-order valence-electron chi connectivity index (χ2n) is 5.42. The highest BCUT2D eigenvalue weighted by Crippen LogP contribution is 2.30. The molecule has 0 radical (unpaired) electrons. The highest BCUT2D eigenvalue weighted by Gasteiger charge is 2.31. The van der Waals surface area contributed by atoms with Crippen LogP contribution in [0.15, 0.2) is 42.7 Å². The molecule has 3 rings (SSSR count). The number of hydrogen-bond acceptors (Lipinski definition) is 5. The van der Waals surface area contributed by atoms with Gasteiger partial charge < -0.3 is 10.4 Å². The standard InChI is InChI=1S/C16H18N4O2/c1-10-4-5-15(21)12(7-10)13-8-14(20-19-13)16(22)18-11-3-2-6-17-9-11/h2-7,9,13-14,19-21H,8H2,1H3,(H,18,22). The van der Waals surface area contributed by atoms with Crippen molar-refractivity contribution in [3.05, 3.63) is 53.9 Å². The van der Waals surface area contributed by atoms with E-state index in [1.807, 2.05) is 19.1 Å². The molecule has 1 aliphatic rings. The molecule has 0 aliphatic carbocycles. The summed E-state index contributed by atoms with van der Waals surface area (Å²) < 4.78 is 0. The van der Waals surface area contributed by atoms with Gasteiger partial charge in [-0.1, -0.05) is 17.7 Å². The van der Waals surface area contributed by atoms with Gasteiger partial charge in [0, 0.05) is 11.8 Å². The van der Waals surface area contributed by atoms with E-state index in [4.69, 9.17) is 0 Å². The lowest BCUT2D eigenvalue weighted by atomic mass is 9.99. The second-order valence-corrected chi connectivity index (χ2v) is 5.42. The van der Waals surface area contributed by atoms with E-state index in [0.29, 0.717) is 12.1 Å². The molecule has 114 valence electrons. The molecule has 1 aromatic heterocycles. The first-order valence-corrected chi connectivity index (χ1v) is 7.15. The number of phenolic OH excluding ortho intramolecular Hbond substituents is 1. The number of anilines is 1. The Labute approximate surface area is 128 Å². The van der Waals surface area contributed by atoms with Crippen molar-refractivity contribution in [3.8, 4) is 5.75 Å². The number of nitrogens with zero attached hydrogens (tertiary/aromatic N) is 1. The minimum atomic E-state index is -0.370. The zero-order valence-electron chi connectivity index (χ0n) is 12.2. The molecule has 2 aromatic rings. The fourth-order valence-corrected chi connectivity index (χ4v) is 2.55. The molecule has 1 aliphatic heterocycles. The molecule has 0 saturated carbocycles. The van der Waals surface area contributed by atoms with Crippen LogP contribution in [0.3, 0.4) is 0 Å². The van der Waals surface area contributed by atoms with Gasteiger partial charge in [-0.05, 0) is 31.5 Å². The topological polar surface area (TPSA) is 86.3 Å². The molecular weight excluding hydrogens is 280 g/mol. The Kier molecular flexibility index (Phi) is 4.04. The van der Waals surface area contributed by atoms with Gasteiger partial charge in [-0.15, -0.1) is 0 Å². The number of carbonyl (C=O) groups excluding carboxylic acids is 1. The maximum atomic E-state index is 12.2. The van der Waals surface area contributed by atoms with Gasteiger partial charge in [-0.25, -0.2) is 10.9 Å². The first-order valence-electron chi connectivity index (χ1n) is 7.15. The van der Waals surface area contributed by atoms with E-state index < -0.39 is 0 Å². The van der Waals surface area contributed by atoms with Gasteiger partial charge in [0.1, 0.15) is 11.8 Å². The van der Waals surface area contributed by atoms with Crippen LogP contribution >= 0.6 is 0 Å². The summed E-state index contributed by atoms with van der Waals surface area (Å²) in [4.78, 5) is 16.2. The first kappa shape index (κ1) is 14.5. The number of phenols is 1. The van der Waals surface area contributed by atoms with Gasteiger partial charge >= 0.3 is 0 Å². The summed E-state index contributed by atoms with van der Waals surface area (Å²) in [5, 5.41) is 12.8. The minimum Gasteiger partial charge on any atom is -0.508 e. The molecule has 1 amide bonds. The number of aryl methyl sites for hydroxylation is 1.